The summed E-state index contributed by atoms with van der Waals surface area (Å²) in [6, 6.07) is 73.7. The molecular formula is C68H60. The smallest absolute Gasteiger partial charge is 0.00262 e. The monoisotopic (exact) mass is 876 g/mol. The second-order valence-electron chi connectivity index (χ2n) is 22.1. The van der Waals surface area contributed by atoms with Crippen molar-refractivity contribution < 1.29 is 0 Å². The fraction of sp³-hybridized carbons (Fsp3) is 0.176. The van der Waals surface area contributed by atoms with E-state index in [1.165, 1.54) is 124 Å². The first-order chi connectivity index (χ1) is 32.6. The van der Waals surface area contributed by atoms with Crippen molar-refractivity contribution in [3.8, 4) is 0 Å². The molecule has 0 aliphatic carbocycles. The van der Waals surface area contributed by atoms with Crippen LogP contribution in [0.1, 0.15) is 79.0 Å². The average Bonchev–Trinajstić information content (AvgIpc) is 3.34. The first-order valence-corrected chi connectivity index (χ1v) is 24.4. The molecule has 0 unspecified atom stereocenters. The zero-order valence-electron chi connectivity index (χ0n) is 41.1. The molecule has 0 N–H and O–H groups in total. The average molecular weight is 877 g/mol. The first kappa shape index (κ1) is 43.3. The molecule has 0 aliphatic rings. The van der Waals surface area contributed by atoms with E-state index in [0.717, 1.165) is 0 Å². The highest BCUT2D eigenvalue weighted by atomic mass is 14.2. The van der Waals surface area contributed by atoms with Crippen LogP contribution in [0.5, 0.6) is 0 Å². The van der Waals surface area contributed by atoms with Gasteiger partial charge in [0.15, 0.2) is 0 Å². The van der Waals surface area contributed by atoms with Crippen molar-refractivity contribution in [2.75, 3.05) is 0 Å². The second kappa shape index (κ2) is 16.2. The lowest BCUT2D eigenvalue weighted by molar-refractivity contribution is 0.591. The predicted molar refractivity (Wildman–Crippen MR) is 302 cm³/mol. The molecule has 0 saturated heterocycles. The van der Waals surface area contributed by atoms with E-state index in [1.807, 2.05) is 0 Å². The topological polar surface area (TPSA) is 0 Å². The number of rotatable bonds is 0. The summed E-state index contributed by atoms with van der Waals surface area (Å²) in [7, 11) is 0. The molecule has 68 heavy (non-hydrogen) atoms. The fourth-order valence-electron chi connectivity index (χ4n) is 10.9. The van der Waals surface area contributed by atoms with E-state index >= 15 is 0 Å². The van der Waals surface area contributed by atoms with Crippen LogP contribution < -0.4 is 0 Å². The molecule has 0 amide bonds. The van der Waals surface area contributed by atoms with E-state index in [9.17, 15) is 0 Å². The molecule has 0 nitrogen and oxygen atoms in total. The Hall–Kier alpha value is -7.28. The van der Waals surface area contributed by atoms with Crippen molar-refractivity contribution in [3.05, 3.63) is 217 Å². The molecule has 0 fully saturated rings. The summed E-state index contributed by atoms with van der Waals surface area (Å²) in [5.74, 6) is 0. The Morgan fingerprint density at radius 1 is 0.206 bits per heavy atom. The summed E-state index contributed by atoms with van der Waals surface area (Å²) in [6.07, 6.45) is 0. The van der Waals surface area contributed by atoms with Crippen molar-refractivity contribution in [2.24, 2.45) is 0 Å². The van der Waals surface area contributed by atoms with E-state index in [-0.39, 0.29) is 16.2 Å². The minimum absolute atomic E-state index is 0.130. The molecule has 0 saturated carbocycles. The fourth-order valence-corrected chi connectivity index (χ4v) is 10.9. The molecule has 0 radical (unpaired) electrons. The number of fused-ring (bicyclic) bond motifs is 13. The Bertz CT molecular complexity index is 4030. The summed E-state index contributed by atoms with van der Waals surface area (Å²) in [6.45, 7) is 20.6. The minimum Gasteiger partial charge on any atom is -0.0616 e. The number of benzene rings is 13. The standard InChI is InChI=1S/C24H20.2C22H20/c1-24(2,3)17-13-16-9-6-11-19-18-10-4-7-15-8-5-12-20(22(15)18)21(14-17)23(16)19;1-22(2,3)15-12-13-20-18-10-5-4-8-16(18)17-9-6-7-11-19(17)21(20)14-15;1-22(2,3)21-14-20-16-9-5-4-8-15(16)12-13-18(20)17-10-6-7-11-19(17)21/h4-14H,1-3H3;2*4-14H,1-3H3. The van der Waals surface area contributed by atoms with Crippen LogP contribution in [0, 0.1) is 0 Å². The lowest BCUT2D eigenvalue weighted by atomic mass is 9.81. The van der Waals surface area contributed by atoms with Gasteiger partial charge in [-0.2, -0.15) is 0 Å². The van der Waals surface area contributed by atoms with Crippen molar-refractivity contribution in [3.63, 3.8) is 0 Å². The second-order valence-corrected chi connectivity index (χ2v) is 22.1. The number of hydrogen-bond acceptors (Lipinski definition) is 0. The van der Waals surface area contributed by atoms with Crippen molar-refractivity contribution >= 4 is 108 Å². The van der Waals surface area contributed by atoms with Gasteiger partial charge in [-0.05, 0) is 159 Å². The van der Waals surface area contributed by atoms with E-state index in [2.05, 4.69) is 263 Å². The Morgan fingerprint density at radius 3 is 1.12 bits per heavy atom. The zero-order chi connectivity index (χ0) is 47.1. The van der Waals surface area contributed by atoms with Gasteiger partial charge in [0, 0.05) is 0 Å². The largest absolute Gasteiger partial charge is 0.0616 e. The third-order valence-electron chi connectivity index (χ3n) is 14.5. The predicted octanol–water partition coefficient (Wildman–Crippen LogP) is 19.9. The number of hydrogen-bond donors (Lipinski definition) is 0. The van der Waals surface area contributed by atoms with E-state index < -0.39 is 0 Å². The van der Waals surface area contributed by atoms with Crippen LogP contribution in [-0.2, 0) is 16.2 Å². The highest BCUT2D eigenvalue weighted by Gasteiger charge is 2.21. The van der Waals surface area contributed by atoms with Gasteiger partial charge in [0.25, 0.3) is 0 Å². The molecule has 0 bridgehead atoms. The summed E-state index contributed by atoms with van der Waals surface area (Å²) in [5.41, 5.74) is 4.66. The van der Waals surface area contributed by atoms with Crippen LogP contribution in [0.4, 0.5) is 0 Å². The Morgan fingerprint density at radius 2 is 0.574 bits per heavy atom. The van der Waals surface area contributed by atoms with Crippen LogP contribution in [0.2, 0.25) is 0 Å². The highest BCUT2D eigenvalue weighted by molar-refractivity contribution is 6.33. The maximum absolute atomic E-state index is 2.41. The summed E-state index contributed by atoms with van der Waals surface area (Å²) in [5, 5.41) is 27.2. The molecule has 0 aliphatic heterocycles. The molecular weight excluding hydrogens is 817 g/mol. The molecule has 0 spiro atoms. The normalized spacial score (nSPS) is 12.5. The molecule has 13 aromatic rings. The van der Waals surface area contributed by atoms with Crippen molar-refractivity contribution in [1.82, 2.24) is 0 Å². The van der Waals surface area contributed by atoms with Gasteiger partial charge in [0.05, 0.1) is 0 Å². The quantitative estimate of drug-likeness (QED) is 0.105. The van der Waals surface area contributed by atoms with Gasteiger partial charge in [-0.1, -0.05) is 244 Å². The summed E-state index contributed by atoms with van der Waals surface area (Å²) in [4.78, 5) is 0. The van der Waals surface area contributed by atoms with Crippen LogP contribution in [0.15, 0.2) is 200 Å². The molecule has 0 heteroatoms. The maximum Gasteiger partial charge on any atom is -0.00262 e. The lowest BCUT2D eigenvalue weighted by Crippen LogP contribution is -2.11. The maximum atomic E-state index is 2.41. The molecule has 13 rings (SSSR count). The molecule has 0 aromatic heterocycles. The molecule has 0 heterocycles. The Balaban J connectivity index is 0.000000112. The Labute approximate surface area is 401 Å². The molecule has 0 atom stereocenters. The molecule has 13 aromatic carbocycles. The van der Waals surface area contributed by atoms with Crippen molar-refractivity contribution in [1.29, 1.82) is 0 Å². The van der Waals surface area contributed by atoms with E-state index in [1.54, 1.807) is 0 Å². The van der Waals surface area contributed by atoms with Gasteiger partial charge in [0.2, 0.25) is 0 Å². The third kappa shape index (κ3) is 7.39. The van der Waals surface area contributed by atoms with Crippen LogP contribution in [0.25, 0.3) is 108 Å². The van der Waals surface area contributed by atoms with Crippen LogP contribution in [0.3, 0.4) is 0 Å². The van der Waals surface area contributed by atoms with Gasteiger partial charge < -0.3 is 0 Å². The lowest BCUT2D eigenvalue weighted by Gasteiger charge is -2.23. The van der Waals surface area contributed by atoms with Crippen molar-refractivity contribution in [2.45, 2.75) is 78.6 Å². The Kier molecular flexibility index (Phi) is 10.3. The van der Waals surface area contributed by atoms with Gasteiger partial charge in [-0.25, -0.2) is 0 Å². The van der Waals surface area contributed by atoms with Gasteiger partial charge >= 0.3 is 0 Å². The van der Waals surface area contributed by atoms with E-state index in [0.29, 0.717) is 0 Å². The van der Waals surface area contributed by atoms with Crippen LogP contribution in [-0.4, -0.2) is 0 Å². The minimum atomic E-state index is 0.130. The van der Waals surface area contributed by atoms with Gasteiger partial charge in [-0.3, -0.25) is 0 Å². The van der Waals surface area contributed by atoms with E-state index in [4.69, 9.17) is 0 Å². The van der Waals surface area contributed by atoms with Gasteiger partial charge in [-0.15, -0.1) is 0 Å². The van der Waals surface area contributed by atoms with Gasteiger partial charge in [0.1, 0.15) is 0 Å². The molecule has 332 valence electrons. The summed E-state index contributed by atoms with van der Waals surface area (Å²) >= 11 is 0. The third-order valence-corrected chi connectivity index (χ3v) is 14.5. The highest BCUT2D eigenvalue weighted by Crippen LogP contribution is 2.43. The first-order valence-electron chi connectivity index (χ1n) is 24.4. The van der Waals surface area contributed by atoms with Crippen LogP contribution >= 0.6 is 0 Å². The summed E-state index contributed by atoms with van der Waals surface area (Å²) < 4.78 is 0. The SMILES string of the molecule is CC(C)(C)c1cc2c3ccccc3ccc2c2ccccc12.CC(C)(C)c1cc2cccc3c4cccc5cccc(c(c1)c23)c54.CC(C)(C)c1ccc2c3ccccc3c3ccccc3c2c1. The zero-order valence-corrected chi connectivity index (χ0v) is 41.1.